The predicted molar refractivity (Wildman–Crippen MR) is 82.2 cm³/mol. The SMILES string of the molecule is C=C(C(=O)OCC)C(=O)c1cc([N+](=O)[O-])c(C)c(N(C)C)c1F. The van der Waals surface area contributed by atoms with Crippen molar-refractivity contribution in [2.75, 3.05) is 25.6 Å². The number of nitro groups is 1. The number of carbonyl (C=O) groups is 2. The standard InChI is InChI=1S/C15H17FN2O5/c1-6-23-15(20)9(3)14(19)10-7-11(18(21)22)8(2)13(12(10)16)17(4)5/h7H,3,6H2,1-2,4-5H3. The Hall–Kier alpha value is -2.77. The van der Waals surface area contributed by atoms with Crippen LogP contribution in [-0.4, -0.2) is 37.4 Å². The first-order valence-corrected chi connectivity index (χ1v) is 6.68. The highest BCUT2D eigenvalue weighted by Gasteiger charge is 2.29. The van der Waals surface area contributed by atoms with Crippen LogP contribution >= 0.6 is 0 Å². The minimum Gasteiger partial charge on any atom is -0.462 e. The molecule has 23 heavy (non-hydrogen) atoms. The molecular weight excluding hydrogens is 307 g/mol. The molecule has 0 atom stereocenters. The number of Topliss-reactive ketones (excluding diaryl/α,β-unsaturated/α-hetero) is 1. The van der Waals surface area contributed by atoms with Crippen molar-refractivity contribution in [2.45, 2.75) is 13.8 Å². The van der Waals surface area contributed by atoms with Gasteiger partial charge in [0.1, 0.15) is 5.57 Å². The molecule has 0 spiro atoms. The van der Waals surface area contributed by atoms with Crippen molar-refractivity contribution >= 4 is 23.1 Å². The van der Waals surface area contributed by atoms with E-state index in [2.05, 4.69) is 11.3 Å². The second-order valence-corrected chi connectivity index (χ2v) is 4.91. The summed E-state index contributed by atoms with van der Waals surface area (Å²) in [5, 5.41) is 11.1. The summed E-state index contributed by atoms with van der Waals surface area (Å²) in [5.41, 5.74) is -1.62. The Labute approximate surface area is 132 Å². The third-order valence-electron chi connectivity index (χ3n) is 3.15. The van der Waals surface area contributed by atoms with Crippen LogP contribution in [0.1, 0.15) is 22.8 Å². The lowest BCUT2D eigenvalue weighted by Crippen LogP contribution is -2.20. The quantitative estimate of drug-likeness (QED) is 0.152. The van der Waals surface area contributed by atoms with Crippen LogP contribution in [0.4, 0.5) is 15.8 Å². The molecule has 0 aromatic heterocycles. The Balaban J connectivity index is 3.53. The second kappa shape index (κ2) is 6.99. The van der Waals surface area contributed by atoms with Crippen LogP contribution in [-0.2, 0) is 9.53 Å². The number of benzene rings is 1. The van der Waals surface area contributed by atoms with Crippen LogP contribution in [0, 0.1) is 22.9 Å². The zero-order valence-electron chi connectivity index (χ0n) is 13.3. The summed E-state index contributed by atoms with van der Waals surface area (Å²) in [4.78, 5) is 35.6. The Morgan fingerprint density at radius 1 is 1.43 bits per heavy atom. The molecule has 0 N–H and O–H groups in total. The summed E-state index contributed by atoms with van der Waals surface area (Å²) < 4.78 is 19.2. The highest BCUT2D eigenvalue weighted by molar-refractivity contribution is 6.24. The first-order valence-electron chi connectivity index (χ1n) is 6.68. The summed E-state index contributed by atoms with van der Waals surface area (Å²) in [6.07, 6.45) is 0. The van der Waals surface area contributed by atoms with E-state index in [1.54, 1.807) is 0 Å². The van der Waals surface area contributed by atoms with E-state index in [4.69, 9.17) is 0 Å². The van der Waals surface area contributed by atoms with Gasteiger partial charge in [-0.15, -0.1) is 0 Å². The van der Waals surface area contributed by atoms with Gasteiger partial charge in [-0.05, 0) is 13.8 Å². The zero-order chi connectivity index (χ0) is 17.9. The van der Waals surface area contributed by atoms with Crippen molar-refractivity contribution in [3.8, 4) is 0 Å². The van der Waals surface area contributed by atoms with Gasteiger partial charge in [0.25, 0.3) is 5.69 Å². The van der Waals surface area contributed by atoms with Crippen LogP contribution in [0.2, 0.25) is 0 Å². The van der Waals surface area contributed by atoms with E-state index in [1.165, 1.54) is 32.8 Å². The van der Waals surface area contributed by atoms with Gasteiger partial charge in [-0.25, -0.2) is 9.18 Å². The summed E-state index contributed by atoms with van der Waals surface area (Å²) in [5.74, 6) is -2.99. The number of ether oxygens (including phenoxy) is 1. The van der Waals surface area contributed by atoms with Gasteiger partial charge in [-0.1, -0.05) is 6.58 Å². The molecule has 124 valence electrons. The lowest BCUT2D eigenvalue weighted by Gasteiger charge is -2.18. The normalized spacial score (nSPS) is 10.1. The molecule has 0 saturated heterocycles. The lowest BCUT2D eigenvalue weighted by molar-refractivity contribution is -0.385. The van der Waals surface area contributed by atoms with Crippen molar-refractivity contribution in [1.29, 1.82) is 0 Å². The highest BCUT2D eigenvalue weighted by atomic mass is 19.1. The van der Waals surface area contributed by atoms with E-state index in [9.17, 15) is 24.1 Å². The molecule has 0 aliphatic carbocycles. The number of esters is 1. The molecular formula is C15H17FN2O5. The van der Waals surface area contributed by atoms with Crippen LogP contribution in [0.15, 0.2) is 18.2 Å². The topological polar surface area (TPSA) is 89.8 Å². The molecule has 0 heterocycles. The van der Waals surface area contributed by atoms with Gasteiger partial charge in [0.2, 0.25) is 5.78 Å². The van der Waals surface area contributed by atoms with Crippen molar-refractivity contribution in [3.63, 3.8) is 0 Å². The number of hydrogen-bond donors (Lipinski definition) is 0. The summed E-state index contributed by atoms with van der Waals surface area (Å²) >= 11 is 0. The summed E-state index contributed by atoms with van der Waals surface area (Å²) in [6, 6.07) is 0.810. The fourth-order valence-corrected chi connectivity index (χ4v) is 2.08. The number of halogens is 1. The fourth-order valence-electron chi connectivity index (χ4n) is 2.08. The van der Waals surface area contributed by atoms with Gasteiger partial charge in [-0.3, -0.25) is 14.9 Å². The van der Waals surface area contributed by atoms with Gasteiger partial charge in [0.05, 0.1) is 28.3 Å². The number of ketones is 1. The maximum Gasteiger partial charge on any atom is 0.341 e. The van der Waals surface area contributed by atoms with Crippen LogP contribution in [0.3, 0.4) is 0 Å². The van der Waals surface area contributed by atoms with Crippen molar-refractivity contribution < 1.29 is 23.6 Å². The Kier molecular flexibility index (Phi) is 5.56. The third kappa shape index (κ3) is 3.53. The largest absolute Gasteiger partial charge is 0.462 e. The zero-order valence-corrected chi connectivity index (χ0v) is 13.3. The average Bonchev–Trinajstić information content (AvgIpc) is 2.45. The van der Waals surface area contributed by atoms with Gasteiger partial charge < -0.3 is 9.64 Å². The van der Waals surface area contributed by atoms with Crippen LogP contribution < -0.4 is 4.90 Å². The van der Waals surface area contributed by atoms with Crippen LogP contribution in [0.25, 0.3) is 0 Å². The van der Waals surface area contributed by atoms with E-state index in [0.717, 1.165) is 6.07 Å². The molecule has 0 radical (unpaired) electrons. The number of nitro benzene ring substituents is 1. The van der Waals surface area contributed by atoms with Gasteiger partial charge in [0, 0.05) is 20.2 Å². The smallest absolute Gasteiger partial charge is 0.341 e. The van der Waals surface area contributed by atoms with E-state index in [-0.39, 0.29) is 17.9 Å². The van der Waals surface area contributed by atoms with Crippen molar-refractivity contribution in [2.24, 2.45) is 0 Å². The molecule has 8 heteroatoms. The Morgan fingerprint density at radius 3 is 2.43 bits per heavy atom. The van der Waals surface area contributed by atoms with E-state index >= 15 is 0 Å². The van der Waals surface area contributed by atoms with E-state index < -0.39 is 39.3 Å². The Morgan fingerprint density at radius 2 is 2.00 bits per heavy atom. The Bertz CT molecular complexity index is 698. The van der Waals surface area contributed by atoms with E-state index in [0.29, 0.717) is 0 Å². The molecule has 0 bridgehead atoms. The van der Waals surface area contributed by atoms with Gasteiger partial charge >= 0.3 is 5.97 Å². The van der Waals surface area contributed by atoms with Crippen LogP contribution in [0.5, 0.6) is 0 Å². The maximum absolute atomic E-state index is 14.6. The molecule has 1 aromatic rings. The molecule has 0 aliphatic heterocycles. The molecule has 7 nitrogen and oxygen atoms in total. The maximum atomic E-state index is 14.6. The number of rotatable bonds is 6. The number of hydrogen-bond acceptors (Lipinski definition) is 6. The number of carbonyl (C=O) groups excluding carboxylic acids is 2. The lowest BCUT2D eigenvalue weighted by atomic mass is 9.99. The van der Waals surface area contributed by atoms with Crippen molar-refractivity contribution in [1.82, 2.24) is 0 Å². The minimum absolute atomic E-state index is 0.0185. The van der Waals surface area contributed by atoms with E-state index in [1.807, 2.05) is 0 Å². The minimum atomic E-state index is -1.05. The molecule has 1 rings (SSSR count). The molecule has 1 aromatic carbocycles. The van der Waals surface area contributed by atoms with Gasteiger partial charge in [-0.2, -0.15) is 0 Å². The number of nitrogens with zero attached hydrogens (tertiary/aromatic N) is 2. The molecule has 0 saturated carbocycles. The highest BCUT2D eigenvalue weighted by Crippen LogP contribution is 2.34. The molecule has 0 aliphatic rings. The number of anilines is 1. The average molecular weight is 324 g/mol. The fraction of sp³-hybridized carbons (Fsp3) is 0.333. The van der Waals surface area contributed by atoms with Crippen molar-refractivity contribution in [3.05, 3.63) is 45.3 Å². The second-order valence-electron chi connectivity index (χ2n) is 4.91. The predicted octanol–water partition coefficient (Wildman–Crippen LogP) is 2.41. The molecule has 0 amide bonds. The third-order valence-corrected chi connectivity index (χ3v) is 3.15. The molecule has 0 fully saturated rings. The van der Waals surface area contributed by atoms with Gasteiger partial charge in [0.15, 0.2) is 5.82 Å². The first kappa shape index (κ1) is 18.3. The summed E-state index contributed by atoms with van der Waals surface area (Å²) in [6.45, 7) is 6.23. The monoisotopic (exact) mass is 324 g/mol. The first-order chi connectivity index (χ1) is 10.6. The molecule has 0 unspecified atom stereocenters. The summed E-state index contributed by atoms with van der Waals surface area (Å²) in [7, 11) is 2.98.